The number of ether oxygens (including phenoxy) is 1. The predicted molar refractivity (Wildman–Crippen MR) is 82.2 cm³/mol. The Morgan fingerprint density at radius 3 is 2.62 bits per heavy atom. The molecule has 6 heteroatoms. The van der Waals surface area contributed by atoms with Crippen LogP contribution >= 0.6 is 0 Å². The Hall–Kier alpha value is -2.24. The van der Waals surface area contributed by atoms with E-state index < -0.39 is 0 Å². The van der Waals surface area contributed by atoms with E-state index in [0.29, 0.717) is 29.5 Å². The molecule has 0 saturated heterocycles. The van der Waals surface area contributed by atoms with Crippen molar-refractivity contribution in [2.45, 2.75) is 20.3 Å². The topological polar surface area (TPSA) is 93.4 Å². The van der Waals surface area contributed by atoms with E-state index in [1.165, 1.54) is 7.11 Å². The zero-order chi connectivity index (χ0) is 15.8. The number of carbonyl (C=O) groups is 2. The fraction of sp³-hybridized carbons (Fsp3) is 0.467. The molecule has 0 atom stereocenters. The van der Waals surface area contributed by atoms with Gasteiger partial charge >= 0.3 is 0 Å². The lowest BCUT2D eigenvalue weighted by molar-refractivity contribution is -0.121. The summed E-state index contributed by atoms with van der Waals surface area (Å²) in [7, 11) is 1.49. The second-order valence-corrected chi connectivity index (χ2v) is 5.16. The minimum absolute atomic E-state index is 0.0705. The Labute approximate surface area is 125 Å². The summed E-state index contributed by atoms with van der Waals surface area (Å²) >= 11 is 0. The highest BCUT2D eigenvalue weighted by Gasteiger charge is 2.09. The van der Waals surface area contributed by atoms with Crippen LogP contribution in [0, 0.1) is 5.92 Å². The van der Waals surface area contributed by atoms with Crippen molar-refractivity contribution in [2.24, 2.45) is 5.92 Å². The maximum absolute atomic E-state index is 11.9. The molecule has 0 bridgehead atoms. The van der Waals surface area contributed by atoms with Crippen LogP contribution < -0.4 is 21.1 Å². The Kier molecular flexibility index (Phi) is 6.52. The van der Waals surface area contributed by atoms with Gasteiger partial charge in [0.2, 0.25) is 5.91 Å². The highest BCUT2D eigenvalue weighted by atomic mass is 16.5. The van der Waals surface area contributed by atoms with Gasteiger partial charge in [-0.2, -0.15) is 0 Å². The molecule has 0 aliphatic heterocycles. The molecule has 2 amide bonds. The van der Waals surface area contributed by atoms with Crippen molar-refractivity contribution in [3.05, 3.63) is 23.8 Å². The number of amides is 2. The molecule has 0 unspecified atom stereocenters. The molecule has 116 valence electrons. The standard InChI is InChI=1S/C15H23N3O3/c1-10(2)9-18-14(19)6-7-17-15(20)11-4-5-12(16)13(8-11)21-3/h4-5,8,10H,6-7,9,16H2,1-3H3,(H,17,20)(H,18,19). The van der Waals surface area contributed by atoms with Crippen LogP contribution in [-0.4, -0.2) is 32.0 Å². The first-order valence-corrected chi connectivity index (χ1v) is 6.92. The van der Waals surface area contributed by atoms with E-state index in [1.807, 2.05) is 13.8 Å². The van der Waals surface area contributed by atoms with Gasteiger partial charge in [-0.15, -0.1) is 0 Å². The Balaban J connectivity index is 2.42. The molecule has 0 aromatic heterocycles. The lowest BCUT2D eigenvalue weighted by atomic mass is 10.1. The van der Waals surface area contributed by atoms with Crippen LogP contribution in [0.15, 0.2) is 18.2 Å². The Bertz CT molecular complexity index is 501. The van der Waals surface area contributed by atoms with Crippen molar-refractivity contribution < 1.29 is 14.3 Å². The molecule has 6 nitrogen and oxygen atoms in total. The number of nitrogen functional groups attached to an aromatic ring is 1. The highest BCUT2D eigenvalue weighted by molar-refractivity contribution is 5.95. The lowest BCUT2D eigenvalue weighted by Crippen LogP contribution is -2.32. The Morgan fingerprint density at radius 1 is 1.29 bits per heavy atom. The summed E-state index contributed by atoms with van der Waals surface area (Å²) in [6.07, 6.45) is 0.255. The van der Waals surface area contributed by atoms with Gasteiger partial charge < -0.3 is 21.1 Å². The van der Waals surface area contributed by atoms with Crippen molar-refractivity contribution >= 4 is 17.5 Å². The third kappa shape index (κ3) is 5.72. The molecule has 0 aliphatic carbocycles. The van der Waals surface area contributed by atoms with Gasteiger partial charge in [0.05, 0.1) is 12.8 Å². The number of benzene rings is 1. The zero-order valence-corrected chi connectivity index (χ0v) is 12.7. The molecule has 0 fully saturated rings. The van der Waals surface area contributed by atoms with E-state index in [1.54, 1.807) is 18.2 Å². The highest BCUT2D eigenvalue weighted by Crippen LogP contribution is 2.21. The van der Waals surface area contributed by atoms with Gasteiger partial charge in [0.25, 0.3) is 5.91 Å². The summed E-state index contributed by atoms with van der Waals surface area (Å²) in [5, 5.41) is 5.49. The van der Waals surface area contributed by atoms with Crippen molar-refractivity contribution in [1.82, 2.24) is 10.6 Å². The van der Waals surface area contributed by atoms with Crippen LogP contribution in [0.4, 0.5) is 5.69 Å². The van der Waals surface area contributed by atoms with Crippen molar-refractivity contribution in [3.8, 4) is 5.75 Å². The number of rotatable bonds is 7. The summed E-state index contributed by atoms with van der Waals surface area (Å²) in [4.78, 5) is 23.4. The molecule has 0 saturated carbocycles. The van der Waals surface area contributed by atoms with Crippen LogP contribution in [0.5, 0.6) is 5.75 Å². The van der Waals surface area contributed by atoms with E-state index in [0.717, 1.165) is 0 Å². The SMILES string of the molecule is COc1cc(C(=O)NCCC(=O)NCC(C)C)ccc1N. The number of hydrogen-bond acceptors (Lipinski definition) is 4. The monoisotopic (exact) mass is 293 g/mol. The second-order valence-electron chi connectivity index (χ2n) is 5.16. The van der Waals surface area contributed by atoms with Crippen LogP contribution in [0.3, 0.4) is 0 Å². The van der Waals surface area contributed by atoms with Gasteiger partial charge in [0.15, 0.2) is 0 Å². The zero-order valence-electron chi connectivity index (χ0n) is 12.7. The first-order valence-electron chi connectivity index (χ1n) is 6.92. The lowest BCUT2D eigenvalue weighted by Gasteiger charge is -2.09. The normalized spacial score (nSPS) is 10.3. The first-order chi connectivity index (χ1) is 9.93. The van der Waals surface area contributed by atoms with E-state index >= 15 is 0 Å². The summed E-state index contributed by atoms with van der Waals surface area (Å²) in [6, 6.07) is 4.80. The average molecular weight is 293 g/mol. The fourth-order valence-corrected chi connectivity index (χ4v) is 1.65. The van der Waals surface area contributed by atoms with Crippen molar-refractivity contribution in [2.75, 3.05) is 25.9 Å². The van der Waals surface area contributed by atoms with Gasteiger partial charge in [-0.05, 0) is 24.1 Å². The quantitative estimate of drug-likeness (QED) is 0.658. The van der Waals surface area contributed by atoms with Gasteiger partial charge in [-0.3, -0.25) is 9.59 Å². The molecule has 0 spiro atoms. The predicted octanol–water partition coefficient (Wildman–Crippen LogP) is 1.17. The average Bonchev–Trinajstić information content (AvgIpc) is 2.45. The van der Waals surface area contributed by atoms with E-state index in [9.17, 15) is 9.59 Å². The number of carbonyl (C=O) groups excluding carboxylic acids is 2. The third-order valence-electron chi connectivity index (χ3n) is 2.84. The number of hydrogen-bond donors (Lipinski definition) is 3. The van der Waals surface area contributed by atoms with E-state index in [-0.39, 0.29) is 24.8 Å². The van der Waals surface area contributed by atoms with E-state index in [4.69, 9.17) is 10.5 Å². The molecule has 21 heavy (non-hydrogen) atoms. The summed E-state index contributed by atoms with van der Waals surface area (Å²) in [5.41, 5.74) is 6.61. The van der Waals surface area contributed by atoms with Crippen LogP contribution in [0.2, 0.25) is 0 Å². The number of methoxy groups -OCH3 is 1. The third-order valence-corrected chi connectivity index (χ3v) is 2.84. The largest absolute Gasteiger partial charge is 0.495 e. The number of nitrogens with two attached hydrogens (primary N) is 1. The summed E-state index contributed by atoms with van der Waals surface area (Å²) in [6.45, 7) is 4.98. The summed E-state index contributed by atoms with van der Waals surface area (Å²) in [5.74, 6) is 0.534. The van der Waals surface area contributed by atoms with Gasteiger partial charge in [0, 0.05) is 25.1 Å². The molecular formula is C15H23N3O3. The minimum atomic E-state index is -0.259. The molecule has 4 N–H and O–H groups in total. The van der Waals surface area contributed by atoms with Crippen molar-refractivity contribution in [1.29, 1.82) is 0 Å². The number of anilines is 1. The molecule has 1 rings (SSSR count). The van der Waals surface area contributed by atoms with Crippen LogP contribution in [-0.2, 0) is 4.79 Å². The van der Waals surface area contributed by atoms with E-state index in [2.05, 4.69) is 10.6 Å². The van der Waals surface area contributed by atoms with Gasteiger partial charge in [-0.25, -0.2) is 0 Å². The first kappa shape index (κ1) is 16.8. The van der Waals surface area contributed by atoms with Crippen LogP contribution in [0.1, 0.15) is 30.6 Å². The fourth-order valence-electron chi connectivity index (χ4n) is 1.65. The maximum atomic E-state index is 11.9. The van der Waals surface area contributed by atoms with Crippen molar-refractivity contribution in [3.63, 3.8) is 0 Å². The molecule has 1 aromatic carbocycles. The molecule has 0 heterocycles. The maximum Gasteiger partial charge on any atom is 0.251 e. The molecular weight excluding hydrogens is 270 g/mol. The Morgan fingerprint density at radius 2 is 2.00 bits per heavy atom. The molecule has 1 aromatic rings. The molecule has 0 radical (unpaired) electrons. The summed E-state index contributed by atoms with van der Waals surface area (Å²) < 4.78 is 5.06. The smallest absolute Gasteiger partial charge is 0.251 e. The van der Waals surface area contributed by atoms with Gasteiger partial charge in [-0.1, -0.05) is 13.8 Å². The van der Waals surface area contributed by atoms with Crippen LogP contribution in [0.25, 0.3) is 0 Å². The number of nitrogens with one attached hydrogen (secondary N) is 2. The minimum Gasteiger partial charge on any atom is -0.495 e. The molecule has 0 aliphatic rings. The second kappa shape index (κ2) is 8.14. The van der Waals surface area contributed by atoms with Gasteiger partial charge in [0.1, 0.15) is 5.75 Å².